The van der Waals surface area contributed by atoms with Gasteiger partial charge in [0.2, 0.25) is 0 Å². The lowest BCUT2D eigenvalue weighted by Crippen LogP contribution is -1.98. The first-order chi connectivity index (χ1) is 5.79. The van der Waals surface area contributed by atoms with Crippen LogP contribution in [0, 0.1) is 0 Å². The zero-order chi connectivity index (χ0) is 8.55. The van der Waals surface area contributed by atoms with Crippen LogP contribution in [0.3, 0.4) is 0 Å². The van der Waals surface area contributed by atoms with E-state index < -0.39 is 11.0 Å². The van der Waals surface area contributed by atoms with Gasteiger partial charge in [-0.1, -0.05) is 12.1 Å². The van der Waals surface area contributed by atoms with Crippen molar-refractivity contribution in [2.45, 2.75) is 0 Å². The smallest absolute Gasteiger partial charge is 0.122 e. The van der Waals surface area contributed by atoms with Crippen molar-refractivity contribution in [1.29, 1.82) is 0 Å². The van der Waals surface area contributed by atoms with Crippen LogP contribution < -0.4 is 0 Å². The van der Waals surface area contributed by atoms with Gasteiger partial charge in [0.1, 0.15) is 17.3 Å². The number of fused-ring (bicyclic) bond motifs is 1. The van der Waals surface area contributed by atoms with Crippen molar-refractivity contribution in [3.63, 3.8) is 0 Å². The Hall–Kier alpha value is -1.16. The summed E-state index contributed by atoms with van der Waals surface area (Å²) in [5.74, 6) is 0. The van der Waals surface area contributed by atoms with Crippen LogP contribution >= 0.6 is 0 Å². The number of hydrogen-bond donors (Lipinski definition) is 0. The molecule has 0 radical (unpaired) electrons. The second kappa shape index (κ2) is 2.71. The maximum atomic E-state index is 11.2. The van der Waals surface area contributed by atoms with E-state index in [-0.39, 0.29) is 0 Å². The standard InChI is InChI=1S/C8H8N2OS/c1-12(11)10-6-9-7-4-2-3-5-8(7)10/h2-6H,1H3. The molecule has 0 aliphatic rings. The Labute approximate surface area is 72.6 Å². The molecule has 4 heteroatoms. The molecule has 0 amide bonds. The zero-order valence-electron chi connectivity index (χ0n) is 6.60. The monoisotopic (exact) mass is 180 g/mol. The molecular weight excluding hydrogens is 172 g/mol. The Morgan fingerprint density at radius 2 is 2.17 bits per heavy atom. The summed E-state index contributed by atoms with van der Waals surface area (Å²) >= 11 is 0. The van der Waals surface area contributed by atoms with Crippen molar-refractivity contribution in [2.75, 3.05) is 6.26 Å². The minimum absolute atomic E-state index is 0.882. The quantitative estimate of drug-likeness (QED) is 0.660. The maximum Gasteiger partial charge on any atom is 0.122 e. The predicted molar refractivity (Wildman–Crippen MR) is 49.2 cm³/mol. The molecule has 1 atom stereocenters. The molecule has 0 N–H and O–H groups in total. The second-order valence-corrected chi connectivity index (χ2v) is 3.72. The second-order valence-electron chi connectivity index (χ2n) is 2.48. The Bertz CT molecular complexity index is 435. The Balaban J connectivity index is 2.79. The Kier molecular flexibility index (Phi) is 1.69. The van der Waals surface area contributed by atoms with Gasteiger partial charge in [-0.2, -0.15) is 0 Å². The molecule has 1 unspecified atom stereocenters. The van der Waals surface area contributed by atoms with Crippen molar-refractivity contribution in [3.8, 4) is 0 Å². The number of imidazole rings is 1. The summed E-state index contributed by atoms with van der Waals surface area (Å²) in [7, 11) is -1.02. The first kappa shape index (κ1) is 7.49. The molecular formula is C8H8N2OS. The van der Waals surface area contributed by atoms with E-state index in [1.807, 2.05) is 24.3 Å². The third-order valence-electron chi connectivity index (χ3n) is 1.70. The van der Waals surface area contributed by atoms with Gasteiger partial charge in [0.25, 0.3) is 0 Å². The average Bonchev–Trinajstić information content (AvgIpc) is 2.47. The highest BCUT2D eigenvalue weighted by molar-refractivity contribution is 7.82. The molecule has 0 fully saturated rings. The summed E-state index contributed by atoms with van der Waals surface area (Å²) in [5, 5.41) is 0. The van der Waals surface area contributed by atoms with Crippen LogP contribution in [0.15, 0.2) is 30.6 Å². The molecule has 0 bridgehead atoms. The first-order valence-corrected chi connectivity index (χ1v) is 5.06. The topological polar surface area (TPSA) is 34.9 Å². The molecule has 12 heavy (non-hydrogen) atoms. The number of nitrogens with zero attached hydrogens (tertiary/aromatic N) is 2. The minimum atomic E-state index is -1.02. The molecule has 2 aromatic rings. The summed E-state index contributed by atoms with van der Waals surface area (Å²) in [4.78, 5) is 4.11. The fourth-order valence-corrected chi connectivity index (χ4v) is 1.75. The van der Waals surface area contributed by atoms with Gasteiger partial charge in [-0.3, -0.25) is 0 Å². The molecule has 62 valence electrons. The third kappa shape index (κ3) is 1.04. The number of hydrogen-bond acceptors (Lipinski definition) is 2. The van der Waals surface area contributed by atoms with Gasteiger partial charge in [-0.25, -0.2) is 13.2 Å². The van der Waals surface area contributed by atoms with E-state index in [4.69, 9.17) is 0 Å². The molecule has 0 spiro atoms. The largest absolute Gasteiger partial charge is 0.248 e. The lowest BCUT2D eigenvalue weighted by Gasteiger charge is -1.95. The van der Waals surface area contributed by atoms with Crippen LogP contribution in [0.4, 0.5) is 0 Å². The normalized spacial score (nSPS) is 13.4. The van der Waals surface area contributed by atoms with E-state index >= 15 is 0 Å². The maximum absolute atomic E-state index is 11.2. The SMILES string of the molecule is CS(=O)n1cnc2ccccc21. The first-order valence-electron chi connectivity index (χ1n) is 3.55. The van der Waals surface area contributed by atoms with Crippen LogP contribution in [0.5, 0.6) is 0 Å². The van der Waals surface area contributed by atoms with Crippen molar-refractivity contribution in [3.05, 3.63) is 30.6 Å². The highest BCUT2D eigenvalue weighted by Crippen LogP contribution is 2.11. The van der Waals surface area contributed by atoms with E-state index in [2.05, 4.69) is 4.98 Å². The molecule has 1 aromatic heterocycles. The predicted octanol–water partition coefficient (Wildman–Crippen LogP) is 1.18. The van der Waals surface area contributed by atoms with Gasteiger partial charge in [0, 0.05) is 6.26 Å². The highest BCUT2D eigenvalue weighted by Gasteiger charge is 2.02. The van der Waals surface area contributed by atoms with Gasteiger partial charge < -0.3 is 0 Å². The number of rotatable bonds is 1. The van der Waals surface area contributed by atoms with Crippen LogP contribution in [0.1, 0.15) is 0 Å². The fourth-order valence-electron chi connectivity index (χ4n) is 1.14. The lowest BCUT2D eigenvalue weighted by molar-refractivity contribution is 0.682. The van der Waals surface area contributed by atoms with E-state index in [0.29, 0.717) is 0 Å². The molecule has 0 saturated carbocycles. The summed E-state index contributed by atoms with van der Waals surface area (Å²) in [6.07, 6.45) is 3.23. The van der Waals surface area contributed by atoms with Crippen molar-refractivity contribution < 1.29 is 4.21 Å². The van der Waals surface area contributed by atoms with E-state index in [1.165, 1.54) is 0 Å². The average molecular weight is 180 g/mol. The zero-order valence-corrected chi connectivity index (χ0v) is 7.41. The van der Waals surface area contributed by atoms with Crippen LogP contribution in [0.2, 0.25) is 0 Å². The molecule has 0 saturated heterocycles. The van der Waals surface area contributed by atoms with Crippen molar-refractivity contribution in [1.82, 2.24) is 8.96 Å². The Morgan fingerprint density at radius 3 is 2.92 bits per heavy atom. The molecule has 3 nitrogen and oxygen atoms in total. The number of benzene rings is 1. The number of para-hydroxylation sites is 2. The van der Waals surface area contributed by atoms with E-state index in [0.717, 1.165) is 11.0 Å². The van der Waals surface area contributed by atoms with Gasteiger partial charge >= 0.3 is 0 Å². The van der Waals surface area contributed by atoms with Crippen LogP contribution in [-0.2, 0) is 11.0 Å². The van der Waals surface area contributed by atoms with E-state index in [1.54, 1.807) is 16.6 Å². The summed E-state index contributed by atoms with van der Waals surface area (Å²) in [6, 6.07) is 7.63. The third-order valence-corrected chi connectivity index (χ3v) is 2.54. The molecule has 1 aromatic carbocycles. The van der Waals surface area contributed by atoms with Gasteiger partial charge in [-0.05, 0) is 12.1 Å². The van der Waals surface area contributed by atoms with Gasteiger partial charge in [0.15, 0.2) is 0 Å². The van der Waals surface area contributed by atoms with Crippen LogP contribution in [-0.4, -0.2) is 19.4 Å². The summed E-state index contributed by atoms with van der Waals surface area (Å²) < 4.78 is 12.8. The van der Waals surface area contributed by atoms with Gasteiger partial charge in [0.05, 0.1) is 11.0 Å². The molecule has 2 rings (SSSR count). The van der Waals surface area contributed by atoms with Crippen molar-refractivity contribution >= 4 is 22.0 Å². The summed E-state index contributed by atoms with van der Waals surface area (Å²) in [5.41, 5.74) is 1.80. The van der Waals surface area contributed by atoms with Crippen molar-refractivity contribution in [2.24, 2.45) is 0 Å². The molecule has 1 heterocycles. The highest BCUT2D eigenvalue weighted by atomic mass is 32.2. The fraction of sp³-hybridized carbons (Fsp3) is 0.125. The molecule has 0 aliphatic heterocycles. The summed E-state index contributed by atoms with van der Waals surface area (Å²) in [6.45, 7) is 0. The van der Waals surface area contributed by atoms with E-state index in [9.17, 15) is 4.21 Å². The number of aromatic nitrogens is 2. The minimum Gasteiger partial charge on any atom is -0.248 e. The lowest BCUT2D eigenvalue weighted by atomic mass is 10.3. The van der Waals surface area contributed by atoms with Crippen LogP contribution in [0.25, 0.3) is 11.0 Å². The Morgan fingerprint density at radius 1 is 1.42 bits per heavy atom. The molecule has 0 aliphatic carbocycles. The van der Waals surface area contributed by atoms with Gasteiger partial charge in [-0.15, -0.1) is 0 Å².